The van der Waals surface area contributed by atoms with E-state index in [-0.39, 0.29) is 11.8 Å². The molecular weight excluding hydrogens is 338 g/mol. The van der Waals surface area contributed by atoms with Gasteiger partial charge in [-0.3, -0.25) is 0 Å². The van der Waals surface area contributed by atoms with Crippen molar-refractivity contribution in [2.75, 3.05) is 11.6 Å². The lowest BCUT2D eigenvalue weighted by molar-refractivity contribution is 0.564. The van der Waals surface area contributed by atoms with Crippen LogP contribution in [0.2, 0.25) is 0 Å². The molecule has 1 N–H and O–H groups in total. The van der Waals surface area contributed by atoms with Crippen LogP contribution in [0.5, 0.6) is 0 Å². The van der Waals surface area contributed by atoms with E-state index in [4.69, 9.17) is 11.6 Å². The summed E-state index contributed by atoms with van der Waals surface area (Å²) in [5, 5.41) is 0. The number of halogens is 2. The highest BCUT2D eigenvalue weighted by atomic mass is 79.9. The van der Waals surface area contributed by atoms with Crippen molar-refractivity contribution in [1.29, 1.82) is 0 Å². The highest BCUT2D eigenvalue weighted by Crippen LogP contribution is 2.18. The number of sulfonamides is 1. The second kappa shape index (κ2) is 7.48. The van der Waals surface area contributed by atoms with Gasteiger partial charge in [-0.25, -0.2) is 13.1 Å². The fraction of sp³-hybridized carbons (Fsp3) is 0.500. The third-order valence-corrected chi connectivity index (χ3v) is 4.80. The Bertz CT molecular complexity index is 479. The molecule has 0 saturated heterocycles. The Kier molecular flexibility index (Phi) is 6.63. The van der Waals surface area contributed by atoms with E-state index >= 15 is 0 Å². The summed E-state index contributed by atoms with van der Waals surface area (Å²) in [5.41, 5.74) is 0.935. The summed E-state index contributed by atoms with van der Waals surface area (Å²) >= 11 is 8.90. The van der Waals surface area contributed by atoms with E-state index in [0.717, 1.165) is 10.0 Å². The number of alkyl halides is 1. The second-order valence-electron chi connectivity index (χ2n) is 4.11. The molecule has 0 aliphatic rings. The zero-order valence-corrected chi connectivity index (χ0v) is 13.4. The highest BCUT2D eigenvalue weighted by molar-refractivity contribution is 9.10. The third kappa shape index (κ3) is 5.69. The molecule has 1 rings (SSSR count). The highest BCUT2D eigenvalue weighted by Gasteiger charge is 2.15. The first-order valence-corrected chi connectivity index (χ1v) is 8.74. The molecule has 0 aliphatic heterocycles. The van der Waals surface area contributed by atoms with Crippen LogP contribution in [0.25, 0.3) is 0 Å². The van der Waals surface area contributed by atoms with Gasteiger partial charge in [0.05, 0.1) is 5.75 Å². The topological polar surface area (TPSA) is 46.2 Å². The number of unbranched alkanes of at least 4 members (excludes halogenated alkanes) is 1. The number of rotatable bonds is 7. The van der Waals surface area contributed by atoms with Crippen molar-refractivity contribution in [3.05, 3.63) is 34.3 Å². The summed E-state index contributed by atoms with van der Waals surface area (Å²) in [7, 11) is -3.24. The van der Waals surface area contributed by atoms with E-state index in [1.807, 2.05) is 31.2 Å². The van der Waals surface area contributed by atoms with Gasteiger partial charge in [0.1, 0.15) is 0 Å². The Hall–Kier alpha value is -0.100. The van der Waals surface area contributed by atoms with Gasteiger partial charge in [-0.1, -0.05) is 28.1 Å². The van der Waals surface area contributed by atoms with Crippen LogP contribution in [0.4, 0.5) is 0 Å². The fourth-order valence-electron chi connectivity index (χ4n) is 1.56. The first-order chi connectivity index (χ1) is 8.44. The van der Waals surface area contributed by atoms with Gasteiger partial charge in [0, 0.05) is 16.4 Å². The number of hydrogen-bond donors (Lipinski definition) is 1. The number of benzene rings is 1. The molecule has 1 atom stereocenters. The summed E-state index contributed by atoms with van der Waals surface area (Å²) in [5.74, 6) is 0.620. The van der Waals surface area contributed by atoms with E-state index in [9.17, 15) is 8.42 Å². The maximum absolute atomic E-state index is 11.8. The molecule has 6 heteroatoms. The van der Waals surface area contributed by atoms with E-state index < -0.39 is 10.0 Å². The van der Waals surface area contributed by atoms with E-state index in [1.165, 1.54) is 0 Å². The molecular formula is C12H17BrClNO2S. The van der Waals surface area contributed by atoms with Gasteiger partial charge in [-0.15, -0.1) is 11.6 Å². The zero-order valence-electron chi connectivity index (χ0n) is 10.2. The lowest BCUT2D eigenvalue weighted by atomic mass is 10.1. The van der Waals surface area contributed by atoms with Gasteiger partial charge in [0.15, 0.2) is 0 Å². The van der Waals surface area contributed by atoms with Gasteiger partial charge in [-0.05, 0) is 37.5 Å². The molecule has 0 radical (unpaired) electrons. The summed E-state index contributed by atoms with van der Waals surface area (Å²) in [6.07, 6.45) is 1.30. The predicted octanol–water partition coefficient (Wildman–Crippen LogP) is 3.45. The molecule has 3 nitrogen and oxygen atoms in total. The molecule has 0 fully saturated rings. The van der Waals surface area contributed by atoms with Gasteiger partial charge < -0.3 is 0 Å². The van der Waals surface area contributed by atoms with Crippen molar-refractivity contribution in [3.63, 3.8) is 0 Å². The van der Waals surface area contributed by atoms with E-state index in [0.29, 0.717) is 18.7 Å². The second-order valence-corrected chi connectivity index (χ2v) is 7.28. The summed E-state index contributed by atoms with van der Waals surface area (Å²) in [6, 6.07) is 7.37. The van der Waals surface area contributed by atoms with E-state index in [2.05, 4.69) is 20.7 Å². The minimum Gasteiger partial charge on any atom is -0.212 e. The smallest absolute Gasteiger partial charge is 0.212 e. The molecule has 0 heterocycles. The van der Waals surface area contributed by atoms with Crippen LogP contribution < -0.4 is 4.72 Å². The summed E-state index contributed by atoms with van der Waals surface area (Å²) < 4.78 is 27.2. The Morgan fingerprint density at radius 3 is 2.72 bits per heavy atom. The van der Waals surface area contributed by atoms with Gasteiger partial charge >= 0.3 is 0 Å². The minimum absolute atomic E-state index is 0.123. The molecule has 102 valence electrons. The fourth-order valence-corrected chi connectivity index (χ4v) is 3.54. The molecule has 0 amide bonds. The monoisotopic (exact) mass is 353 g/mol. The normalized spacial score (nSPS) is 13.5. The van der Waals surface area contributed by atoms with Crippen molar-refractivity contribution in [3.8, 4) is 0 Å². The largest absolute Gasteiger partial charge is 0.212 e. The molecule has 0 aromatic heterocycles. The van der Waals surface area contributed by atoms with E-state index in [1.54, 1.807) is 0 Å². The summed E-state index contributed by atoms with van der Waals surface area (Å²) in [6.45, 7) is 1.83. The maximum Gasteiger partial charge on any atom is 0.212 e. The SMILES string of the molecule is C[C@@H](NS(=O)(=O)CCCCCl)c1cccc(Br)c1. The quantitative estimate of drug-likeness (QED) is 0.602. The first kappa shape index (κ1) is 16.0. The van der Waals surface area contributed by atoms with Crippen LogP contribution in [0, 0.1) is 0 Å². The molecule has 0 aliphatic carbocycles. The maximum atomic E-state index is 11.8. The lowest BCUT2D eigenvalue weighted by Crippen LogP contribution is -2.29. The van der Waals surface area contributed by atoms with Crippen LogP contribution in [-0.2, 0) is 10.0 Å². The third-order valence-electron chi connectivity index (χ3n) is 2.50. The van der Waals surface area contributed by atoms with Gasteiger partial charge in [0.2, 0.25) is 10.0 Å². The first-order valence-electron chi connectivity index (χ1n) is 5.76. The van der Waals surface area contributed by atoms with Crippen molar-refractivity contribution in [1.82, 2.24) is 4.72 Å². The number of hydrogen-bond acceptors (Lipinski definition) is 2. The van der Waals surface area contributed by atoms with Crippen LogP contribution in [0.3, 0.4) is 0 Å². The molecule has 1 aromatic rings. The standard InChI is InChI=1S/C12H17BrClNO2S/c1-10(11-5-4-6-12(13)9-11)15-18(16,17)8-3-2-7-14/h4-6,9-10,15H,2-3,7-8H2,1H3/t10-/m1/s1. The molecule has 18 heavy (non-hydrogen) atoms. The predicted molar refractivity (Wildman–Crippen MR) is 79.4 cm³/mol. The molecule has 0 unspecified atom stereocenters. The Balaban J connectivity index is 2.61. The average Bonchev–Trinajstić information content (AvgIpc) is 2.28. The Labute approximate surface area is 122 Å². The van der Waals surface area contributed by atoms with Crippen molar-refractivity contribution >= 4 is 37.6 Å². The van der Waals surface area contributed by atoms with Crippen LogP contribution in [0.15, 0.2) is 28.7 Å². The molecule has 0 saturated carbocycles. The molecule has 1 aromatic carbocycles. The minimum atomic E-state index is -3.24. The van der Waals surface area contributed by atoms with Crippen molar-refractivity contribution in [2.24, 2.45) is 0 Å². The Morgan fingerprint density at radius 1 is 1.39 bits per heavy atom. The van der Waals surface area contributed by atoms with Crippen molar-refractivity contribution < 1.29 is 8.42 Å². The Morgan fingerprint density at radius 2 is 2.11 bits per heavy atom. The van der Waals surface area contributed by atoms with Crippen LogP contribution in [-0.4, -0.2) is 20.1 Å². The average molecular weight is 355 g/mol. The lowest BCUT2D eigenvalue weighted by Gasteiger charge is -2.14. The van der Waals surface area contributed by atoms with Gasteiger partial charge in [0.25, 0.3) is 0 Å². The van der Waals surface area contributed by atoms with Crippen LogP contribution in [0.1, 0.15) is 31.4 Å². The van der Waals surface area contributed by atoms with Gasteiger partial charge in [-0.2, -0.15) is 0 Å². The van der Waals surface area contributed by atoms with Crippen molar-refractivity contribution in [2.45, 2.75) is 25.8 Å². The summed E-state index contributed by atoms with van der Waals surface area (Å²) in [4.78, 5) is 0. The zero-order chi connectivity index (χ0) is 13.6. The molecule has 0 spiro atoms. The number of nitrogens with one attached hydrogen (secondary N) is 1. The van der Waals surface area contributed by atoms with Crippen LogP contribution >= 0.6 is 27.5 Å². The molecule has 0 bridgehead atoms.